The second-order valence-corrected chi connectivity index (χ2v) is 3.46. The van der Waals surface area contributed by atoms with Crippen molar-refractivity contribution < 1.29 is 0 Å². The molecular weight excluding hydrogens is 140 g/mol. The average Bonchev–Trinajstić information content (AvgIpc) is 1.61. The summed E-state index contributed by atoms with van der Waals surface area (Å²) in [4.78, 5) is 0. The van der Waals surface area contributed by atoms with Crippen molar-refractivity contribution in [1.29, 1.82) is 0 Å². The standard InChI is InChI=1S/C4H10N2S2/c1-3(2)8-6-4(5)7/h3H,1-2H3,(H3,5,6,7). The Labute approximate surface area is 59.3 Å². The summed E-state index contributed by atoms with van der Waals surface area (Å²) < 4.78 is 2.77. The van der Waals surface area contributed by atoms with Crippen LogP contribution in [0.25, 0.3) is 0 Å². The summed E-state index contributed by atoms with van der Waals surface area (Å²) in [6.07, 6.45) is 0. The van der Waals surface area contributed by atoms with E-state index in [0.717, 1.165) is 0 Å². The van der Waals surface area contributed by atoms with Crippen LogP contribution in [0.3, 0.4) is 0 Å². The van der Waals surface area contributed by atoms with E-state index in [0.29, 0.717) is 10.4 Å². The first kappa shape index (κ1) is 8.04. The highest BCUT2D eigenvalue weighted by atomic mass is 32.2. The van der Waals surface area contributed by atoms with E-state index < -0.39 is 0 Å². The molecule has 0 spiro atoms. The number of thiocarbonyl (C=S) groups is 1. The molecule has 0 aliphatic carbocycles. The van der Waals surface area contributed by atoms with E-state index in [1.54, 1.807) is 0 Å². The van der Waals surface area contributed by atoms with Crippen LogP contribution in [-0.2, 0) is 0 Å². The highest BCUT2D eigenvalue weighted by molar-refractivity contribution is 7.99. The Morgan fingerprint density at radius 3 is 2.38 bits per heavy atom. The Balaban J connectivity index is 3.05. The summed E-state index contributed by atoms with van der Waals surface area (Å²) >= 11 is 6.08. The lowest BCUT2D eigenvalue weighted by Crippen LogP contribution is -2.24. The molecule has 0 fully saturated rings. The van der Waals surface area contributed by atoms with Crippen LogP contribution >= 0.6 is 24.2 Å². The first-order chi connectivity index (χ1) is 3.63. The Bertz CT molecular complexity index is 82.1. The van der Waals surface area contributed by atoms with E-state index in [-0.39, 0.29) is 0 Å². The smallest absolute Gasteiger partial charge is 0.173 e. The summed E-state index contributed by atoms with van der Waals surface area (Å²) in [7, 11) is 0. The first-order valence-electron chi connectivity index (χ1n) is 2.34. The van der Waals surface area contributed by atoms with Gasteiger partial charge in [-0.3, -0.25) is 0 Å². The zero-order chi connectivity index (χ0) is 6.57. The number of hydrogen-bond donors (Lipinski definition) is 2. The van der Waals surface area contributed by atoms with Crippen LogP contribution in [0.5, 0.6) is 0 Å². The molecule has 0 bridgehead atoms. The lowest BCUT2D eigenvalue weighted by atomic mass is 10.6. The number of hydrogen-bond acceptors (Lipinski definition) is 2. The maximum Gasteiger partial charge on any atom is 0.173 e. The van der Waals surface area contributed by atoms with Gasteiger partial charge in [-0.15, -0.1) is 0 Å². The highest BCUT2D eigenvalue weighted by Crippen LogP contribution is 2.01. The second-order valence-electron chi connectivity index (χ2n) is 1.63. The van der Waals surface area contributed by atoms with E-state index in [1.165, 1.54) is 11.9 Å². The predicted octanol–water partition coefficient (Wildman–Crippen LogP) is 0.876. The predicted molar refractivity (Wildman–Crippen MR) is 42.6 cm³/mol. The molecule has 3 N–H and O–H groups in total. The molecule has 4 heteroatoms. The van der Waals surface area contributed by atoms with Gasteiger partial charge in [0.15, 0.2) is 5.11 Å². The van der Waals surface area contributed by atoms with Gasteiger partial charge in [-0.05, 0) is 24.2 Å². The van der Waals surface area contributed by atoms with Crippen LogP contribution in [0.2, 0.25) is 0 Å². The lowest BCUT2D eigenvalue weighted by Gasteiger charge is -2.03. The molecule has 0 aromatic carbocycles. The Hall–Kier alpha value is 0.0400. The topological polar surface area (TPSA) is 38.0 Å². The normalized spacial score (nSPS) is 9.38. The summed E-state index contributed by atoms with van der Waals surface area (Å²) in [6.45, 7) is 4.13. The van der Waals surface area contributed by atoms with Crippen LogP contribution in [0, 0.1) is 0 Å². The van der Waals surface area contributed by atoms with Crippen LogP contribution in [-0.4, -0.2) is 10.4 Å². The molecular formula is C4H10N2S2. The molecule has 48 valence electrons. The third-order valence-corrected chi connectivity index (χ3v) is 1.44. The van der Waals surface area contributed by atoms with Crippen molar-refractivity contribution in [3.8, 4) is 0 Å². The van der Waals surface area contributed by atoms with Crippen molar-refractivity contribution in [2.24, 2.45) is 5.73 Å². The lowest BCUT2D eigenvalue weighted by molar-refractivity contribution is 1.11. The van der Waals surface area contributed by atoms with Gasteiger partial charge in [0.1, 0.15) is 0 Å². The van der Waals surface area contributed by atoms with E-state index in [2.05, 4.69) is 30.8 Å². The van der Waals surface area contributed by atoms with Gasteiger partial charge in [0, 0.05) is 5.25 Å². The van der Waals surface area contributed by atoms with Gasteiger partial charge < -0.3 is 10.5 Å². The monoisotopic (exact) mass is 150 g/mol. The van der Waals surface area contributed by atoms with E-state index >= 15 is 0 Å². The maximum absolute atomic E-state index is 5.14. The molecule has 0 saturated heterocycles. The van der Waals surface area contributed by atoms with Gasteiger partial charge in [-0.2, -0.15) is 0 Å². The van der Waals surface area contributed by atoms with Gasteiger partial charge in [0.2, 0.25) is 0 Å². The molecule has 0 saturated carbocycles. The summed E-state index contributed by atoms with van der Waals surface area (Å²) in [5, 5.41) is 0.875. The number of rotatable bonds is 2. The van der Waals surface area contributed by atoms with Crippen LogP contribution in [0.1, 0.15) is 13.8 Å². The molecule has 0 heterocycles. The minimum Gasteiger partial charge on any atom is -0.376 e. The minimum atomic E-state index is 0.351. The Morgan fingerprint density at radius 2 is 2.25 bits per heavy atom. The molecule has 0 amide bonds. The molecule has 2 nitrogen and oxygen atoms in total. The van der Waals surface area contributed by atoms with Gasteiger partial charge in [-0.25, -0.2) is 0 Å². The maximum atomic E-state index is 5.14. The molecule has 0 rings (SSSR count). The number of nitrogens with two attached hydrogens (primary N) is 1. The highest BCUT2D eigenvalue weighted by Gasteiger charge is 1.91. The molecule has 0 aliphatic heterocycles. The van der Waals surface area contributed by atoms with Gasteiger partial charge in [-0.1, -0.05) is 13.8 Å². The van der Waals surface area contributed by atoms with Crippen molar-refractivity contribution in [3.63, 3.8) is 0 Å². The van der Waals surface area contributed by atoms with Gasteiger partial charge in [0.25, 0.3) is 0 Å². The van der Waals surface area contributed by atoms with E-state index in [4.69, 9.17) is 5.73 Å². The fourth-order valence-electron chi connectivity index (χ4n) is 0.176. The Morgan fingerprint density at radius 1 is 1.75 bits per heavy atom. The van der Waals surface area contributed by atoms with Crippen molar-refractivity contribution in [2.45, 2.75) is 19.1 Å². The fraction of sp³-hybridized carbons (Fsp3) is 0.750. The van der Waals surface area contributed by atoms with Gasteiger partial charge in [0.05, 0.1) is 0 Å². The van der Waals surface area contributed by atoms with Crippen molar-refractivity contribution in [3.05, 3.63) is 0 Å². The minimum absolute atomic E-state index is 0.351. The summed E-state index contributed by atoms with van der Waals surface area (Å²) in [5.41, 5.74) is 5.14. The summed E-state index contributed by atoms with van der Waals surface area (Å²) in [6, 6.07) is 0. The van der Waals surface area contributed by atoms with Crippen molar-refractivity contribution in [2.75, 3.05) is 0 Å². The van der Waals surface area contributed by atoms with Crippen LogP contribution in [0.4, 0.5) is 0 Å². The number of nitrogens with one attached hydrogen (secondary N) is 1. The molecule has 0 aliphatic rings. The summed E-state index contributed by atoms with van der Waals surface area (Å²) in [5.74, 6) is 0. The second kappa shape index (κ2) is 3.97. The van der Waals surface area contributed by atoms with Crippen LogP contribution < -0.4 is 10.5 Å². The van der Waals surface area contributed by atoms with E-state index in [9.17, 15) is 0 Å². The molecule has 0 unspecified atom stereocenters. The molecule has 0 radical (unpaired) electrons. The zero-order valence-electron chi connectivity index (χ0n) is 4.97. The third kappa shape index (κ3) is 6.04. The molecule has 0 atom stereocenters. The molecule has 0 aromatic rings. The van der Waals surface area contributed by atoms with Crippen molar-refractivity contribution >= 4 is 29.3 Å². The third-order valence-electron chi connectivity index (χ3n) is 0.395. The Kier molecular flexibility index (Phi) is 3.99. The fourth-order valence-corrected chi connectivity index (χ4v) is 0.672. The SMILES string of the molecule is CC(C)SNC(N)=S. The van der Waals surface area contributed by atoms with Crippen molar-refractivity contribution in [1.82, 2.24) is 4.72 Å². The van der Waals surface area contributed by atoms with Gasteiger partial charge >= 0.3 is 0 Å². The average molecular weight is 150 g/mol. The van der Waals surface area contributed by atoms with E-state index in [1.807, 2.05) is 0 Å². The first-order valence-corrected chi connectivity index (χ1v) is 3.63. The largest absolute Gasteiger partial charge is 0.376 e. The zero-order valence-corrected chi connectivity index (χ0v) is 6.60. The molecule has 8 heavy (non-hydrogen) atoms. The van der Waals surface area contributed by atoms with Crippen LogP contribution in [0.15, 0.2) is 0 Å². The quantitative estimate of drug-likeness (QED) is 0.452. The molecule has 0 aromatic heterocycles.